The van der Waals surface area contributed by atoms with Crippen molar-refractivity contribution >= 4 is 0 Å². The molecule has 1 N–H and O–H groups in total. The quantitative estimate of drug-likeness (QED) is 0.719. The first-order valence-corrected chi connectivity index (χ1v) is 5.73. The van der Waals surface area contributed by atoms with Crippen molar-refractivity contribution in [2.45, 2.75) is 58.5 Å². The zero-order valence-electron chi connectivity index (χ0n) is 10.8. The smallest absolute Gasteiger partial charge is 0.0954 e. The third kappa shape index (κ3) is 2.92. The molecule has 1 aliphatic rings. The predicted octanol–water partition coefficient (Wildman–Crippen LogP) is 1.50. The number of aliphatic hydroxyl groups is 1. The summed E-state index contributed by atoms with van der Waals surface area (Å²) in [5.74, 6) is 0. The van der Waals surface area contributed by atoms with E-state index in [0.717, 1.165) is 6.42 Å². The standard InChI is InChI=1S/C12H25NO2/c1-8-11(14)9(13(5)6)7-10(15-8)12(2,3)4/h8-11,14H,7H2,1-6H3/t8?,9-,10+,11?/m1/s1. The van der Waals surface area contributed by atoms with Crippen molar-refractivity contribution in [3.8, 4) is 0 Å². The molecule has 0 aromatic heterocycles. The van der Waals surface area contributed by atoms with E-state index >= 15 is 0 Å². The van der Waals surface area contributed by atoms with Crippen LogP contribution >= 0.6 is 0 Å². The molecular weight excluding hydrogens is 190 g/mol. The van der Waals surface area contributed by atoms with Crippen LogP contribution in [0.2, 0.25) is 0 Å². The highest BCUT2D eigenvalue weighted by molar-refractivity contribution is 4.92. The normalized spacial score (nSPS) is 38.4. The molecule has 0 bridgehead atoms. The van der Waals surface area contributed by atoms with E-state index in [9.17, 15) is 5.11 Å². The Bertz CT molecular complexity index is 210. The van der Waals surface area contributed by atoms with Crippen LogP contribution in [0.4, 0.5) is 0 Å². The zero-order valence-corrected chi connectivity index (χ0v) is 10.8. The Morgan fingerprint density at radius 3 is 2.20 bits per heavy atom. The number of nitrogens with zero attached hydrogens (tertiary/aromatic N) is 1. The first-order chi connectivity index (χ1) is 6.73. The van der Waals surface area contributed by atoms with Gasteiger partial charge in [-0.2, -0.15) is 0 Å². The molecule has 1 saturated heterocycles. The first-order valence-electron chi connectivity index (χ1n) is 5.73. The second-order valence-electron chi connectivity index (χ2n) is 5.95. The summed E-state index contributed by atoms with van der Waals surface area (Å²) in [6.07, 6.45) is 0.680. The fraction of sp³-hybridized carbons (Fsp3) is 1.00. The van der Waals surface area contributed by atoms with Gasteiger partial charge in [0.25, 0.3) is 0 Å². The summed E-state index contributed by atoms with van der Waals surface area (Å²) in [5, 5.41) is 10.0. The van der Waals surface area contributed by atoms with Crippen molar-refractivity contribution in [3.05, 3.63) is 0 Å². The van der Waals surface area contributed by atoms with E-state index in [1.54, 1.807) is 0 Å². The number of rotatable bonds is 1. The van der Waals surface area contributed by atoms with Gasteiger partial charge in [-0.15, -0.1) is 0 Å². The van der Waals surface area contributed by atoms with Crippen molar-refractivity contribution < 1.29 is 9.84 Å². The summed E-state index contributed by atoms with van der Waals surface area (Å²) in [6.45, 7) is 8.53. The summed E-state index contributed by atoms with van der Waals surface area (Å²) in [5.41, 5.74) is 0.142. The number of ether oxygens (including phenoxy) is 1. The highest BCUT2D eigenvalue weighted by atomic mass is 16.5. The Morgan fingerprint density at radius 1 is 1.27 bits per heavy atom. The molecule has 0 spiro atoms. The number of likely N-dealkylation sites (N-methyl/N-ethyl adjacent to an activating group) is 1. The molecular formula is C12H25NO2. The maximum Gasteiger partial charge on any atom is 0.0954 e. The highest BCUT2D eigenvalue weighted by Gasteiger charge is 2.40. The minimum absolute atomic E-state index is 0.0737. The van der Waals surface area contributed by atoms with Gasteiger partial charge < -0.3 is 14.7 Å². The first kappa shape index (κ1) is 12.9. The van der Waals surface area contributed by atoms with Crippen LogP contribution in [0.15, 0.2) is 0 Å². The molecule has 15 heavy (non-hydrogen) atoms. The number of aliphatic hydroxyl groups excluding tert-OH is 1. The lowest BCUT2D eigenvalue weighted by Crippen LogP contribution is -2.55. The summed E-state index contributed by atoms with van der Waals surface area (Å²) >= 11 is 0. The Hall–Kier alpha value is -0.120. The maximum atomic E-state index is 10.0. The van der Waals surface area contributed by atoms with Crippen LogP contribution in [-0.4, -0.2) is 48.5 Å². The molecule has 0 saturated carbocycles. The van der Waals surface area contributed by atoms with Crippen LogP contribution in [0.1, 0.15) is 34.1 Å². The molecule has 4 atom stereocenters. The topological polar surface area (TPSA) is 32.7 Å². The lowest BCUT2D eigenvalue weighted by molar-refractivity contribution is -0.168. The van der Waals surface area contributed by atoms with Crippen LogP contribution in [0.25, 0.3) is 0 Å². The largest absolute Gasteiger partial charge is 0.389 e. The number of hydrogen-bond acceptors (Lipinski definition) is 3. The third-order valence-corrected chi connectivity index (χ3v) is 3.34. The molecule has 1 fully saturated rings. The Balaban J connectivity index is 2.75. The second-order valence-corrected chi connectivity index (χ2v) is 5.95. The van der Waals surface area contributed by atoms with E-state index in [-0.39, 0.29) is 29.8 Å². The van der Waals surface area contributed by atoms with Gasteiger partial charge in [-0.25, -0.2) is 0 Å². The molecule has 90 valence electrons. The van der Waals surface area contributed by atoms with Gasteiger partial charge in [0.1, 0.15) is 0 Å². The molecule has 2 unspecified atom stereocenters. The van der Waals surface area contributed by atoms with E-state index in [4.69, 9.17) is 4.74 Å². The van der Waals surface area contributed by atoms with Crippen molar-refractivity contribution in [1.82, 2.24) is 4.90 Å². The van der Waals surface area contributed by atoms with Crippen LogP contribution in [-0.2, 0) is 4.74 Å². The lowest BCUT2D eigenvalue weighted by atomic mass is 9.81. The minimum Gasteiger partial charge on any atom is -0.389 e. The van der Waals surface area contributed by atoms with E-state index in [1.807, 2.05) is 21.0 Å². The summed E-state index contributed by atoms with van der Waals surface area (Å²) < 4.78 is 5.87. The van der Waals surface area contributed by atoms with Gasteiger partial charge >= 0.3 is 0 Å². The minimum atomic E-state index is -0.376. The van der Waals surface area contributed by atoms with Crippen molar-refractivity contribution in [2.75, 3.05) is 14.1 Å². The molecule has 0 aromatic carbocycles. The zero-order chi connectivity index (χ0) is 11.8. The molecule has 0 aromatic rings. The highest BCUT2D eigenvalue weighted by Crippen LogP contribution is 2.33. The lowest BCUT2D eigenvalue weighted by Gasteiger charge is -2.45. The summed E-state index contributed by atoms with van der Waals surface area (Å²) in [7, 11) is 4.04. The molecule has 0 amide bonds. The fourth-order valence-corrected chi connectivity index (χ4v) is 2.14. The van der Waals surface area contributed by atoms with E-state index in [0.29, 0.717) is 0 Å². The van der Waals surface area contributed by atoms with Crippen LogP contribution in [0.3, 0.4) is 0 Å². The van der Waals surface area contributed by atoms with Gasteiger partial charge in [0.2, 0.25) is 0 Å². The maximum absolute atomic E-state index is 10.0. The Labute approximate surface area is 93.4 Å². The Kier molecular flexibility index (Phi) is 3.80. The van der Waals surface area contributed by atoms with Gasteiger partial charge in [-0.05, 0) is 32.9 Å². The van der Waals surface area contributed by atoms with E-state index in [1.165, 1.54) is 0 Å². The SMILES string of the molecule is CC1O[C@H](C(C)(C)C)C[C@@H](N(C)C)C1O. The van der Waals surface area contributed by atoms with Gasteiger partial charge in [-0.1, -0.05) is 20.8 Å². The average Bonchev–Trinajstić information content (AvgIpc) is 2.06. The van der Waals surface area contributed by atoms with Crippen LogP contribution in [0, 0.1) is 5.41 Å². The van der Waals surface area contributed by atoms with Crippen LogP contribution in [0.5, 0.6) is 0 Å². The second kappa shape index (κ2) is 4.40. The van der Waals surface area contributed by atoms with Crippen molar-refractivity contribution in [3.63, 3.8) is 0 Å². The molecule has 1 aliphatic heterocycles. The fourth-order valence-electron chi connectivity index (χ4n) is 2.14. The van der Waals surface area contributed by atoms with E-state index in [2.05, 4.69) is 25.7 Å². The number of hydrogen-bond donors (Lipinski definition) is 1. The predicted molar refractivity (Wildman–Crippen MR) is 61.9 cm³/mol. The van der Waals surface area contributed by atoms with Crippen molar-refractivity contribution in [1.29, 1.82) is 0 Å². The van der Waals surface area contributed by atoms with E-state index < -0.39 is 0 Å². The van der Waals surface area contributed by atoms with Gasteiger partial charge in [0, 0.05) is 6.04 Å². The molecule has 3 heteroatoms. The molecule has 1 rings (SSSR count). The summed E-state index contributed by atoms with van der Waals surface area (Å²) in [4.78, 5) is 2.10. The van der Waals surface area contributed by atoms with Gasteiger partial charge in [0.15, 0.2) is 0 Å². The average molecular weight is 215 g/mol. The van der Waals surface area contributed by atoms with Gasteiger partial charge in [-0.3, -0.25) is 0 Å². The van der Waals surface area contributed by atoms with Crippen molar-refractivity contribution in [2.24, 2.45) is 5.41 Å². The molecule has 0 aliphatic carbocycles. The van der Waals surface area contributed by atoms with Gasteiger partial charge in [0.05, 0.1) is 18.3 Å². The Morgan fingerprint density at radius 2 is 1.80 bits per heavy atom. The third-order valence-electron chi connectivity index (χ3n) is 3.34. The van der Waals surface area contributed by atoms with Crippen LogP contribution < -0.4 is 0 Å². The monoisotopic (exact) mass is 215 g/mol. The molecule has 3 nitrogen and oxygen atoms in total. The molecule has 1 heterocycles. The summed E-state index contributed by atoms with van der Waals surface area (Å²) in [6, 6.07) is 0.206. The molecule has 0 radical (unpaired) electrons.